The second-order valence-electron chi connectivity index (χ2n) is 3.54. The molecular formula is C11H7N5O3. The number of nitro groups is 1. The molecule has 0 aliphatic heterocycles. The number of nitrogens with one attached hydrogen (secondary N) is 2. The topological polar surface area (TPSA) is 125 Å². The van der Waals surface area contributed by atoms with Gasteiger partial charge in [-0.2, -0.15) is 10.4 Å². The molecule has 2 rings (SSSR count). The van der Waals surface area contributed by atoms with Gasteiger partial charge in [0, 0.05) is 12.3 Å². The number of amides is 1. The molecule has 1 heterocycles. The van der Waals surface area contributed by atoms with Gasteiger partial charge in [-0.3, -0.25) is 20.0 Å². The Morgan fingerprint density at radius 2 is 2.32 bits per heavy atom. The van der Waals surface area contributed by atoms with Gasteiger partial charge in [-0.15, -0.1) is 0 Å². The second-order valence-corrected chi connectivity index (χ2v) is 3.54. The Morgan fingerprint density at radius 3 is 2.89 bits per heavy atom. The van der Waals surface area contributed by atoms with Gasteiger partial charge in [-0.05, 0) is 12.1 Å². The van der Waals surface area contributed by atoms with Crippen molar-refractivity contribution in [1.82, 2.24) is 10.2 Å². The average Bonchev–Trinajstić information content (AvgIpc) is 2.92. The second kappa shape index (κ2) is 4.97. The van der Waals surface area contributed by atoms with E-state index in [0.29, 0.717) is 0 Å². The number of H-pyrrole nitrogens is 1. The molecule has 1 aromatic carbocycles. The van der Waals surface area contributed by atoms with Crippen LogP contribution in [0.1, 0.15) is 15.9 Å². The van der Waals surface area contributed by atoms with Crippen molar-refractivity contribution in [3.63, 3.8) is 0 Å². The minimum atomic E-state index is -0.661. The molecule has 0 aliphatic carbocycles. The van der Waals surface area contributed by atoms with Crippen molar-refractivity contribution in [2.24, 2.45) is 0 Å². The summed E-state index contributed by atoms with van der Waals surface area (Å²) in [5.74, 6) is -0.526. The number of benzene rings is 1. The van der Waals surface area contributed by atoms with E-state index in [9.17, 15) is 14.9 Å². The predicted octanol–water partition coefficient (Wildman–Crippen LogP) is 1.44. The molecule has 1 amide bonds. The molecule has 19 heavy (non-hydrogen) atoms. The van der Waals surface area contributed by atoms with E-state index in [1.54, 1.807) is 6.07 Å². The lowest BCUT2D eigenvalue weighted by Gasteiger charge is -2.04. The number of nitrogens with zero attached hydrogens (tertiary/aromatic N) is 3. The first-order valence-electron chi connectivity index (χ1n) is 5.10. The number of carbonyl (C=O) groups is 1. The third-order valence-corrected chi connectivity index (χ3v) is 2.33. The van der Waals surface area contributed by atoms with Gasteiger partial charge in [0.15, 0.2) is 0 Å². The van der Waals surface area contributed by atoms with Crippen LogP contribution >= 0.6 is 0 Å². The highest BCUT2D eigenvalue weighted by molar-refractivity contribution is 6.05. The van der Waals surface area contributed by atoms with Crippen LogP contribution in [0.5, 0.6) is 0 Å². The lowest BCUT2D eigenvalue weighted by atomic mass is 10.2. The fourth-order valence-electron chi connectivity index (χ4n) is 1.43. The van der Waals surface area contributed by atoms with E-state index >= 15 is 0 Å². The molecule has 0 radical (unpaired) electrons. The highest BCUT2D eigenvalue weighted by Crippen LogP contribution is 2.25. The Morgan fingerprint density at radius 1 is 1.53 bits per heavy atom. The molecule has 1 aromatic heterocycles. The van der Waals surface area contributed by atoms with Crippen molar-refractivity contribution >= 4 is 17.3 Å². The zero-order valence-electron chi connectivity index (χ0n) is 9.45. The first kappa shape index (κ1) is 12.3. The Bertz CT molecular complexity index is 672. The van der Waals surface area contributed by atoms with Gasteiger partial charge < -0.3 is 5.32 Å². The molecule has 0 bridgehead atoms. The number of nitriles is 1. The zero-order chi connectivity index (χ0) is 13.8. The Labute approximate surface area is 106 Å². The summed E-state index contributed by atoms with van der Waals surface area (Å²) in [6.45, 7) is 0. The Hall–Kier alpha value is -3.21. The first-order chi connectivity index (χ1) is 9.11. The maximum absolute atomic E-state index is 11.7. The number of aromatic amines is 1. The number of carbonyl (C=O) groups excluding carboxylic acids is 1. The van der Waals surface area contributed by atoms with Gasteiger partial charge >= 0.3 is 0 Å². The summed E-state index contributed by atoms with van der Waals surface area (Å²) in [5, 5.41) is 28.0. The van der Waals surface area contributed by atoms with Crippen LogP contribution in [0.15, 0.2) is 30.6 Å². The molecule has 2 aromatic rings. The highest BCUT2D eigenvalue weighted by atomic mass is 16.6. The summed E-state index contributed by atoms with van der Waals surface area (Å²) < 4.78 is 0. The van der Waals surface area contributed by atoms with Crippen molar-refractivity contribution < 1.29 is 9.72 Å². The fraction of sp³-hybridized carbons (Fsp3) is 0. The van der Waals surface area contributed by atoms with Crippen LogP contribution in [0.2, 0.25) is 0 Å². The molecule has 8 heteroatoms. The SMILES string of the molecule is N#Cc1ccc(NC(=O)c2cn[nH]c2)c([N+](=O)[O-])c1. The Balaban J connectivity index is 2.33. The summed E-state index contributed by atoms with van der Waals surface area (Å²) in [7, 11) is 0. The van der Waals surface area contributed by atoms with Crippen LogP contribution in [0.4, 0.5) is 11.4 Å². The van der Waals surface area contributed by atoms with Crippen LogP contribution in [0.3, 0.4) is 0 Å². The van der Waals surface area contributed by atoms with Crippen molar-refractivity contribution in [3.8, 4) is 6.07 Å². The third kappa shape index (κ3) is 2.55. The van der Waals surface area contributed by atoms with E-state index in [1.165, 1.54) is 24.5 Å². The summed E-state index contributed by atoms with van der Waals surface area (Å²) in [6, 6.07) is 5.60. The largest absolute Gasteiger partial charge is 0.316 e. The van der Waals surface area contributed by atoms with E-state index in [2.05, 4.69) is 15.5 Å². The summed E-state index contributed by atoms with van der Waals surface area (Å²) in [6.07, 6.45) is 2.66. The van der Waals surface area contributed by atoms with Crippen LogP contribution in [0.25, 0.3) is 0 Å². The van der Waals surface area contributed by atoms with Crippen LogP contribution < -0.4 is 5.32 Å². The summed E-state index contributed by atoms with van der Waals surface area (Å²) in [5.41, 5.74) is 0.0813. The molecule has 0 saturated heterocycles. The van der Waals surface area contributed by atoms with Gasteiger partial charge in [0.2, 0.25) is 0 Å². The van der Waals surface area contributed by atoms with Crippen molar-refractivity contribution in [3.05, 3.63) is 51.8 Å². The number of anilines is 1. The smallest absolute Gasteiger partial charge is 0.294 e. The quantitative estimate of drug-likeness (QED) is 0.635. The van der Waals surface area contributed by atoms with Crippen molar-refractivity contribution in [2.75, 3.05) is 5.32 Å². The van der Waals surface area contributed by atoms with Crippen LogP contribution in [-0.2, 0) is 0 Å². The van der Waals surface area contributed by atoms with E-state index < -0.39 is 10.8 Å². The van der Waals surface area contributed by atoms with Gasteiger partial charge in [0.1, 0.15) is 5.69 Å². The van der Waals surface area contributed by atoms with Gasteiger partial charge in [0.25, 0.3) is 11.6 Å². The number of hydrogen-bond donors (Lipinski definition) is 2. The van der Waals surface area contributed by atoms with E-state index in [1.807, 2.05) is 0 Å². The lowest BCUT2D eigenvalue weighted by Crippen LogP contribution is -2.12. The van der Waals surface area contributed by atoms with Gasteiger partial charge in [-0.25, -0.2) is 0 Å². The molecule has 8 nitrogen and oxygen atoms in total. The number of hydrogen-bond acceptors (Lipinski definition) is 5. The minimum absolute atomic E-state index is 0.0233. The van der Waals surface area contributed by atoms with Gasteiger partial charge in [-0.1, -0.05) is 0 Å². The van der Waals surface area contributed by atoms with Crippen LogP contribution in [0, 0.1) is 21.4 Å². The molecule has 0 atom stereocenters. The normalized spacial score (nSPS) is 9.63. The number of rotatable bonds is 3. The van der Waals surface area contributed by atoms with Crippen molar-refractivity contribution in [1.29, 1.82) is 5.26 Å². The molecule has 0 saturated carbocycles. The van der Waals surface area contributed by atoms with Crippen molar-refractivity contribution in [2.45, 2.75) is 0 Å². The maximum atomic E-state index is 11.7. The zero-order valence-corrected chi connectivity index (χ0v) is 9.45. The lowest BCUT2D eigenvalue weighted by molar-refractivity contribution is -0.383. The molecule has 0 fully saturated rings. The van der Waals surface area contributed by atoms with Crippen LogP contribution in [-0.4, -0.2) is 21.0 Å². The third-order valence-electron chi connectivity index (χ3n) is 2.33. The fourth-order valence-corrected chi connectivity index (χ4v) is 1.43. The molecule has 0 aliphatic rings. The molecule has 94 valence electrons. The highest BCUT2D eigenvalue weighted by Gasteiger charge is 2.17. The average molecular weight is 257 g/mol. The molecular weight excluding hydrogens is 250 g/mol. The monoisotopic (exact) mass is 257 g/mol. The maximum Gasteiger partial charge on any atom is 0.294 e. The molecule has 2 N–H and O–H groups in total. The molecule has 0 unspecified atom stereocenters. The standard InChI is InChI=1S/C11H7N5O3/c12-4-7-1-2-9(10(3-7)16(18)19)15-11(17)8-5-13-14-6-8/h1-3,5-6H,(H,13,14)(H,15,17). The minimum Gasteiger partial charge on any atom is -0.316 e. The van der Waals surface area contributed by atoms with E-state index in [-0.39, 0.29) is 22.5 Å². The summed E-state index contributed by atoms with van der Waals surface area (Å²) >= 11 is 0. The number of aromatic nitrogens is 2. The first-order valence-corrected chi connectivity index (χ1v) is 5.10. The number of nitro benzene ring substituents is 1. The Kier molecular flexibility index (Phi) is 3.20. The van der Waals surface area contributed by atoms with E-state index in [0.717, 1.165) is 6.07 Å². The van der Waals surface area contributed by atoms with E-state index in [4.69, 9.17) is 5.26 Å². The summed E-state index contributed by atoms with van der Waals surface area (Å²) in [4.78, 5) is 22.0. The molecule has 0 spiro atoms. The van der Waals surface area contributed by atoms with Gasteiger partial charge in [0.05, 0.1) is 28.3 Å². The predicted molar refractivity (Wildman–Crippen MR) is 64.4 cm³/mol.